The SMILES string of the molecule is Cc1cc(Nc2cc(N3CCOCC3)nc(N3CCCC3c3cc(-c4cccnc4C)no3)n2)n[nH]1. The van der Waals surface area contributed by atoms with Crippen molar-refractivity contribution in [1.29, 1.82) is 0 Å². The fourth-order valence-corrected chi connectivity index (χ4v) is 4.81. The van der Waals surface area contributed by atoms with Crippen LogP contribution in [0.2, 0.25) is 0 Å². The molecular weight excluding hydrogens is 458 g/mol. The van der Waals surface area contributed by atoms with Gasteiger partial charge in [-0.15, -0.1) is 0 Å². The second-order valence-corrected chi connectivity index (χ2v) is 9.17. The van der Waals surface area contributed by atoms with E-state index in [4.69, 9.17) is 19.2 Å². The van der Waals surface area contributed by atoms with Crippen LogP contribution in [0.25, 0.3) is 11.3 Å². The number of aromatic amines is 1. The van der Waals surface area contributed by atoms with Crippen LogP contribution in [-0.2, 0) is 4.74 Å². The maximum atomic E-state index is 5.85. The molecule has 11 nitrogen and oxygen atoms in total. The van der Waals surface area contributed by atoms with E-state index in [1.807, 2.05) is 44.2 Å². The Kier molecular flexibility index (Phi) is 5.98. The summed E-state index contributed by atoms with van der Waals surface area (Å²) in [5.41, 5.74) is 3.67. The summed E-state index contributed by atoms with van der Waals surface area (Å²) in [6, 6.07) is 9.87. The highest BCUT2D eigenvalue weighted by Gasteiger charge is 2.32. The summed E-state index contributed by atoms with van der Waals surface area (Å²) < 4.78 is 11.4. The van der Waals surface area contributed by atoms with E-state index in [9.17, 15) is 0 Å². The summed E-state index contributed by atoms with van der Waals surface area (Å²) in [6.45, 7) is 7.72. The van der Waals surface area contributed by atoms with Crippen molar-refractivity contribution in [3.05, 3.63) is 53.7 Å². The van der Waals surface area contributed by atoms with Crippen LogP contribution in [0.15, 0.2) is 41.1 Å². The molecule has 2 fully saturated rings. The first-order chi connectivity index (χ1) is 17.6. The van der Waals surface area contributed by atoms with E-state index in [-0.39, 0.29) is 6.04 Å². The monoisotopic (exact) mass is 487 g/mol. The maximum absolute atomic E-state index is 5.85. The van der Waals surface area contributed by atoms with Gasteiger partial charge in [-0.2, -0.15) is 15.1 Å². The van der Waals surface area contributed by atoms with Crippen LogP contribution < -0.4 is 15.1 Å². The second-order valence-electron chi connectivity index (χ2n) is 9.17. The van der Waals surface area contributed by atoms with Gasteiger partial charge in [-0.25, -0.2) is 0 Å². The Hall–Kier alpha value is -3.99. The lowest BCUT2D eigenvalue weighted by molar-refractivity contribution is 0.122. The molecule has 0 aromatic carbocycles. The molecule has 186 valence electrons. The number of hydrogen-bond acceptors (Lipinski definition) is 10. The molecule has 0 aliphatic carbocycles. The molecule has 36 heavy (non-hydrogen) atoms. The largest absolute Gasteiger partial charge is 0.378 e. The van der Waals surface area contributed by atoms with Crippen molar-refractivity contribution in [2.45, 2.75) is 32.7 Å². The van der Waals surface area contributed by atoms with E-state index in [0.717, 1.165) is 72.5 Å². The number of H-pyrrole nitrogens is 1. The van der Waals surface area contributed by atoms with E-state index in [2.05, 4.69) is 35.5 Å². The quantitative estimate of drug-likeness (QED) is 0.415. The first-order valence-corrected chi connectivity index (χ1v) is 12.3. The van der Waals surface area contributed by atoms with Crippen LogP contribution in [-0.4, -0.2) is 63.2 Å². The molecule has 0 amide bonds. The number of nitrogens with zero attached hydrogens (tertiary/aromatic N) is 7. The average molecular weight is 488 g/mol. The van der Waals surface area contributed by atoms with Crippen LogP contribution in [0.3, 0.4) is 0 Å². The van der Waals surface area contributed by atoms with Crippen LogP contribution in [0.4, 0.5) is 23.4 Å². The number of hydrogen-bond donors (Lipinski definition) is 2. The summed E-state index contributed by atoms with van der Waals surface area (Å²) in [6.07, 6.45) is 3.74. The fourth-order valence-electron chi connectivity index (χ4n) is 4.81. The minimum Gasteiger partial charge on any atom is -0.378 e. The summed E-state index contributed by atoms with van der Waals surface area (Å²) in [7, 11) is 0. The average Bonchev–Trinajstić information content (AvgIpc) is 3.66. The molecule has 2 N–H and O–H groups in total. The maximum Gasteiger partial charge on any atom is 0.229 e. The Morgan fingerprint density at radius 2 is 1.94 bits per heavy atom. The van der Waals surface area contributed by atoms with E-state index < -0.39 is 0 Å². The molecule has 2 saturated heterocycles. The smallest absolute Gasteiger partial charge is 0.229 e. The molecule has 11 heteroatoms. The van der Waals surface area contributed by atoms with Crippen molar-refractivity contribution < 1.29 is 9.26 Å². The molecule has 4 aromatic rings. The lowest BCUT2D eigenvalue weighted by atomic mass is 10.1. The third-order valence-corrected chi connectivity index (χ3v) is 6.65. The highest BCUT2D eigenvalue weighted by atomic mass is 16.5. The highest BCUT2D eigenvalue weighted by molar-refractivity contribution is 5.63. The Balaban J connectivity index is 1.33. The highest BCUT2D eigenvalue weighted by Crippen LogP contribution is 2.37. The van der Waals surface area contributed by atoms with Crippen LogP contribution in [0.1, 0.15) is 36.0 Å². The third kappa shape index (κ3) is 4.49. The van der Waals surface area contributed by atoms with E-state index in [1.165, 1.54) is 0 Å². The summed E-state index contributed by atoms with van der Waals surface area (Å²) >= 11 is 0. The van der Waals surface area contributed by atoms with Crippen molar-refractivity contribution in [2.24, 2.45) is 0 Å². The Morgan fingerprint density at radius 1 is 1.06 bits per heavy atom. The number of aryl methyl sites for hydroxylation is 2. The zero-order chi connectivity index (χ0) is 24.5. The predicted molar refractivity (Wildman–Crippen MR) is 135 cm³/mol. The molecule has 2 aliphatic rings. The van der Waals surface area contributed by atoms with Gasteiger partial charge in [0.25, 0.3) is 0 Å². The number of nitrogens with one attached hydrogen (secondary N) is 2. The summed E-state index contributed by atoms with van der Waals surface area (Å²) in [5.74, 6) is 3.75. The molecule has 6 rings (SSSR count). The van der Waals surface area contributed by atoms with Crippen LogP contribution in [0, 0.1) is 13.8 Å². The summed E-state index contributed by atoms with van der Waals surface area (Å²) in [5, 5.41) is 15.0. The molecular formula is C25H29N9O2. The van der Waals surface area contributed by atoms with Gasteiger partial charge in [0.1, 0.15) is 17.3 Å². The van der Waals surface area contributed by atoms with Gasteiger partial charge in [-0.3, -0.25) is 10.1 Å². The van der Waals surface area contributed by atoms with Crippen molar-refractivity contribution in [3.8, 4) is 11.3 Å². The van der Waals surface area contributed by atoms with Gasteiger partial charge in [-0.05, 0) is 38.8 Å². The molecule has 0 bridgehead atoms. The molecule has 0 saturated carbocycles. The van der Waals surface area contributed by atoms with Crippen molar-refractivity contribution in [3.63, 3.8) is 0 Å². The minimum atomic E-state index is 0.00337. The molecule has 0 spiro atoms. The van der Waals surface area contributed by atoms with Gasteiger partial charge in [0.05, 0.1) is 19.3 Å². The topological polar surface area (TPSA) is 121 Å². The zero-order valence-corrected chi connectivity index (χ0v) is 20.4. The third-order valence-electron chi connectivity index (χ3n) is 6.65. The lowest BCUT2D eigenvalue weighted by Gasteiger charge is -2.30. The Labute approximate surface area is 208 Å². The molecule has 0 radical (unpaired) electrons. The van der Waals surface area contributed by atoms with Gasteiger partial charge < -0.3 is 24.4 Å². The number of anilines is 4. The van der Waals surface area contributed by atoms with Crippen molar-refractivity contribution >= 4 is 23.4 Å². The molecule has 2 aliphatic heterocycles. The van der Waals surface area contributed by atoms with E-state index in [1.54, 1.807) is 6.20 Å². The second kappa shape index (κ2) is 9.57. The molecule has 6 heterocycles. The number of rotatable bonds is 6. The molecule has 1 atom stereocenters. The van der Waals surface area contributed by atoms with Gasteiger partial charge in [0.2, 0.25) is 5.95 Å². The first-order valence-electron chi connectivity index (χ1n) is 12.3. The van der Waals surface area contributed by atoms with E-state index >= 15 is 0 Å². The standard InChI is InChI=1S/C25H29N9O2/c1-16-13-23(31-30-16)27-22-15-24(33-9-11-35-12-10-33)29-25(28-22)34-8-4-6-20(34)21-14-19(32-36-21)18-5-3-7-26-17(18)2/h3,5,7,13-15,20H,4,6,8-12H2,1-2H3,(H2,27,28,29,30,31). The molecule has 4 aromatic heterocycles. The van der Waals surface area contributed by atoms with E-state index in [0.29, 0.717) is 25.0 Å². The zero-order valence-electron chi connectivity index (χ0n) is 20.4. The van der Waals surface area contributed by atoms with Gasteiger partial charge in [0.15, 0.2) is 11.6 Å². The fraction of sp³-hybridized carbons (Fsp3) is 0.400. The number of aromatic nitrogens is 6. The lowest BCUT2D eigenvalue weighted by Crippen LogP contribution is -2.37. The van der Waals surface area contributed by atoms with Crippen LogP contribution in [0.5, 0.6) is 0 Å². The molecule has 1 unspecified atom stereocenters. The predicted octanol–water partition coefficient (Wildman–Crippen LogP) is 3.79. The number of pyridine rings is 1. The van der Waals surface area contributed by atoms with Crippen LogP contribution >= 0.6 is 0 Å². The summed E-state index contributed by atoms with van der Waals surface area (Å²) in [4.78, 5) is 18.7. The number of ether oxygens (including phenoxy) is 1. The van der Waals surface area contributed by atoms with Gasteiger partial charge >= 0.3 is 0 Å². The van der Waals surface area contributed by atoms with Crippen molar-refractivity contribution in [1.82, 2.24) is 30.3 Å². The first kappa shape index (κ1) is 22.5. The van der Waals surface area contributed by atoms with Gasteiger partial charge in [-0.1, -0.05) is 5.16 Å². The van der Waals surface area contributed by atoms with Gasteiger partial charge in [0, 0.05) is 61.0 Å². The minimum absolute atomic E-state index is 0.00337. The van der Waals surface area contributed by atoms with Crippen molar-refractivity contribution in [2.75, 3.05) is 48.0 Å². The Morgan fingerprint density at radius 3 is 2.75 bits per heavy atom. The number of morpholine rings is 1. The Bertz CT molecular complexity index is 1340. The normalized spacial score (nSPS) is 18.1.